The predicted octanol–water partition coefficient (Wildman–Crippen LogP) is 4.50. The van der Waals surface area contributed by atoms with Crippen LogP contribution in [0.4, 0.5) is 5.69 Å². The average Bonchev–Trinajstić information content (AvgIpc) is 3.21. The van der Waals surface area contributed by atoms with E-state index in [9.17, 15) is 9.59 Å². The van der Waals surface area contributed by atoms with Gasteiger partial charge in [0.05, 0.1) is 12.1 Å². The summed E-state index contributed by atoms with van der Waals surface area (Å²) in [6.45, 7) is 0.362. The zero-order valence-corrected chi connectivity index (χ0v) is 16.9. The van der Waals surface area contributed by atoms with Gasteiger partial charge in [0.15, 0.2) is 0 Å². The van der Waals surface area contributed by atoms with Crippen LogP contribution >= 0.6 is 0 Å². The number of rotatable bonds is 4. The standard InChI is InChI=1S/C26H21N3O2/c30-25-15-20(17-29(25)21-10-2-1-3-11-21)26(31)28-27-16-24-22-12-6-4-8-18(22)14-19-9-5-7-13-23(19)24/h1-14,16,20H,15,17H2,(H,28,31)/b27-16-/t20-/m0/s1. The zero-order valence-electron chi connectivity index (χ0n) is 16.9. The van der Waals surface area contributed by atoms with Gasteiger partial charge >= 0.3 is 0 Å². The van der Waals surface area contributed by atoms with E-state index < -0.39 is 5.92 Å². The maximum absolute atomic E-state index is 12.7. The van der Waals surface area contributed by atoms with Crippen molar-refractivity contribution < 1.29 is 9.59 Å². The summed E-state index contributed by atoms with van der Waals surface area (Å²) in [6, 6.07) is 27.8. The normalized spacial score (nSPS) is 16.5. The average molecular weight is 407 g/mol. The number of amides is 2. The Kier molecular flexibility index (Phi) is 4.92. The number of carbonyl (C=O) groups is 2. The van der Waals surface area contributed by atoms with E-state index in [0.29, 0.717) is 6.54 Å². The van der Waals surface area contributed by atoms with Crippen molar-refractivity contribution in [2.75, 3.05) is 11.4 Å². The van der Waals surface area contributed by atoms with Gasteiger partial charge < -0.3 is 4.90 Å². The SMILES string of the molecule is O=C(N/N=C\c1c2ccccc2cc2ccccc12)[C@H]1CC(=O)N(c2ccccc2)C1. The molecule has 0 bridgehead atoms. The third kappa shape index (κ3) is 3.66. The highest BCUT2D eigenvalue weighted by molar-refractivity contribution is 6.13. The van der Waals surface area contributed by atoms with E-state index in [0.717, 1.165) is 32.8 Å². The largest absolute Gasteiger partial charge is 0.312 e. The Morgan fingerprint density at radius 2 is 1.52 bits per heavy atom. The van der Waals surface area contributed by atoms with Gasteiger partial charge in [-0.1, -0.05) is 66.7 Å². The molecule has 0 radical (unpaired) electrons. The summed E-state index contributed by atoms with van der Waals surface area (Å²) in [4.78, 5) is 26.7. The molecule has 0 unspecified atom stereocenters. The highest BCUT2D eigenvalue weighted by Crippen LogP contribution is 2.27. The Balaban J connectivity index is 1.37. The minimum absolute atomic E-state index is 0.0459. The molecule has 0 aliphatic carbocycles. The molecule has 2 amide bonds. The first-order valence-electron chi connectivity index (χ1n) is 10.3. The second kappa shape index (κ2) is 8.03. The van der Waals surface area contributed by atoms with Crippen LogP contribution in [0.3, 0.4) is 0 Å². The molecule has 0 spiro atoms. The lowest BCUT2D eigenvalue weighted by Gasteiger charge is -2.16. The molecule has 152 valence electrons. The van der Waals surface area contributed by atoms with Gasteiger partial charge in [-0.25, -0.2) is 5.43 Å². The molecule has 5 rings (SSSR count). The first-order chi connectivity index (χ1) is 15.2. The fourth-order valence-electron chi connectivity index (χ4n) is 4.18. The van der Waals surface area contributed by atoms with Crippen molar-refractivity contribution in [1.82, 2.24) is 5.43 Å². The highest BCUT2D eigenvalue weighted by atomic mass is 16.2. The van der Waals surface area contributed by atoms with E-state index in [1.807, 2.05) is 54.6 Å². The first kappa shape index (κ1) is 19.0. The van der Waals surface area contributed by atoms with Crippen molar-refractivity contribution in [3.05, 3.63) is 90.5 Å². The quantitative estimate of drug-likeness (QED) is 0.308. The van der Waals surface area contributed by atoms with Gasteiger partial charge in [-0.3, -0.25) is 9.59 Å². The Bertz CT molecular complexity index is 1260. The molecule has 1 fully saturated rings. The Hall–Kier alpha value is -3.99. The summed E-state index contributed by atoms with van der Waals surface area (Å²) in [7, 11) is 0. The minimum atomic E-state index is -0.422. The van der Waals surface area contributed by atoms with Crippen LogP contribution in [-0.4, -0.2) is 24.6 Å². The molecule has 0 aromatic heterocycles. The third-order valence-corrected chi connectivity index (χ3v) is 5.75. The summed E-state index contributed by atoms with van der Waals surface area (Å²) >= 11 is 0. The molecule has 1 heterocycles. The molecule has 1 aliphatic rings. The molecule has 1 saturated heterocycles. The summed E-state index contributed by atoms with van der Waals surface area (Å²) < 4.78 is 0. The van der Waals surface area contributed by atoms with Crippen LogP contribution in [0, 0.1) is 5.92 Å². The summed E-state index contributed by atoms with van der Waals surface area (Å²) in [6.07, 6.45) is 1.89. The highest BCUT2D eigenvalue weighted by Gasteiger charge is 2.35. The minimum Gasteiger partial charge on any atom is -0.312 e. The number of fused-ring (bicyclic) bond motifs is 2. The van der Waals surface area contributed by atoms with E-state index in [2.05, 4.69) is 40.9 Å². The van der Waals surface area contributed by atoms with E-state index in [1.165, 1.54) is 0 Å². The second-order valence-corrected chi connectivity index (χ2v) is 7.71. The van der Waals surface area contributed by atoms with Crippen molar-refractivity contribution in [3.8, 4) is 0 Å². The van der Waals surface area contributed by atoms with Crippen LogP contribution in [0.15, 0.2) is 90.0 Å². The van der Waals surface area contributed by atoms with Crippen LogP contribution in [0.1, 0.15) is 12.0 Å². The van der Waals surface area contributed by atoms with Crippen molar-refractivity contribution in [2.24, 2.45) is 11.0 Å². The lowest BCUT2D eigenvalue weighted by atomic mass is 9.97. The molecule has 5 heteroatoms. The van der Waals surface area contributed by atoms with Crippen LogP contribution in [0.25, 0.3) is 21.5 Å². The molecule has 5 nitrogen and oxygen atoms in total. The first-order valence-corrected chi connectivity index (χ1v) is 10.3. The fourth-order valence-corrected chi connectivity index (χ4v) is 4.18. The van der Waals surface area contributed by atoms with Gasteiger partial charge in [0.2, 0.25) is 11.8 Å². The Morgan fingerprint density at radius 1 is 0.903 bits per heavy atom. The lowest BCUT2D eigenvalue weighted by molar-refractivity contribution is -0.126. The van der Waals surface area contributed by atoms with Gasteiger partial charge in [-0.15, -0.1) is 0 Å². The smallest absolute Gasteiger partial charge is 0.245 e. The van der Waals surface area contributed by atoms with Gasteiger partial charge in [0.1, 0.15) is 0 Å². The van der Waals surface area contributed by atoms with E-state index in [1.54, 1.807) is 11.1 Å². The number of benzene rings is 4. The molecule has 1 aliphatic heterocycles. The van der Waals surface area contributed by atoms with Crippen molar-refractivity contribution in [1.29, 1.82) is 0 Å². The topological polar surface area (TPSA) is 61.8 Å². The van der Waals surface area contributed by atoms with E-state index in [4.69, 9.17) is 0 Å². The summed E-state index contributed by atoms with van der Waals surface area (Å²) in [5.74, 6) is -0.711. The number of anilines is 1. The fraction of sp³-hybridized carbons (Fsp3) is 0.115. The van der Waals surface area contributed by atoms with E-state index >= 15 is 0 Å². The monoisotopic (exact) mass is 407 g/mol. The molecule has 1 N–H and O–H groups in total. The Morgan fingerprint density at radius 3 is 2.19 bits per heavy atom. The van der Waals surface area contributed by atoms with Crippen molar-refractivity contribution in [2.45, 2.75) is 6.42 Å². The molecular formula is C26H21N3O2. The number of hydrazone groups is 1. The van der Waals surface area contributed by atoms with Crippen molar-refractivity contribution in [3.63, 3.8) is 0 Å². The van der Waals surface area contributed by atoms with Crippen LogP contribution < -0.4 is 10.3 Å². The molecule has 31 heavy (non-hydrogen) atoms. The van der Waals surface area contributed by atoms with Crippen LogP contribution in [0.2, 0.25) is 0 Å². The van der Waals surface area contributed by atoms with Gasteiger partial charge in [-0.05, 0) is 39.7 Å². The molecular weight excluding hydrogens is 386 g/mol. The number of para-hydroxylation sites is 1. The number of nitrogens with one attached hydrogen (secondary N) is 1. The molecule has 4 aromatic carbocycles. The van der Waals surface area contributed by atoms with Gasteiger partial charge in [-0.2, -0.15) is 5.10 Å². The summed E-state index contributed by atoms with van der Waals surface area (Å²) in [5.41, 5.74) is 4.42. The van der Waals surface area contributed by atoms with Crippen LogP contribution in [-0.2, 0) is 9.59 Å². The van der Waals surface area contributed by atoms with Gasteiger partial charge in [0.25, 0.3) is 0 Å². The number of carbonyl (C=O) groups excluding carboxylic acids is 2. The second-order valence-electron chi connectivity index (χ2n) is 7.71. The lowest BCUT2D eigenvalue weighted by Crippen LogP contribution is -2.30. The molecule has 4 aromatic rings. The maximum atomic E-state index is 12.7. The predicted molar refractivity (Wildman–Crippen MR) is 124 cm³/mol. The number of nitrogens with zero attached hydrogens (tertiary/aromatic N) is 2. The van der Waals surface area contributed by atoms with E-state index in [-0.39, 0.29) is 18.2 Å². The maximum Gasteiger partial charge on any atom is 0.245 e. The number of hydrogen-bond acceptors (Lipinski definition) is 3. The molecule has 1 atom stereocenters. The van der Waals surface area contributed by atoms with Crippen molar-refractivity contribution >= 4 is 45.3 Å². The number of hydrogen-bond donors (Lipinski definition) is 1. The third-order valence-electron chi connectivity index (χ3n) is 5.75. The van der Waals surface area contributed by atoms with Crippen LogP contribution in [0.5, 0.6) is 0 Å². The molecule has 0 saturated carbocycles. The Labute approximate surface area is 180 Å². The van der Waals surface area contributed by atoms with Gasteiger partial charge in [0, 0.05) is 24.2 Å². The zero-order chi connectivity index (χ0) is 21.2. The summed E-state index contributed by atoms with van der Waals surface area (Å²) in [5, 5.41) is 8.64.